The Bertz CT molecular complexity index is 69.0. The molecule has 0 aliphatic carbocycles. The Morgan fingerprint density at radius 3 is 1.67 bits per heavy atom. The molecule has 0 aliphatic heterocycles. The Morgan fingerprint density at radius 1 is 1.11 bits per heavy atom. The van der Waals surface area contributed by atoms with Crippen LogP contribution in [0.1, 0.15) is 27.7 Å². The van der Waals surface area contributed by atoms with Gasteiger partial charge in [-0.2, -0.15) is 0 Å². The average molecular weight is 149 g/mol. The molecule has 0 saturated heterocycles. The molecule has 0 saturated carbocycles. The van der Waals surface area contributed by atoms with Gasteiger partial charge in [-0.25, -0.2) is 0 Å². The van der Waals surface area contributed by atoms with Crippen molar-refractivity contribution < 1.29 is 0 Å². The van der Waals surface area contributed by atoms with E-state index in [1.54, 1.807) is 0 Å². The van der Waals surface area contributed by atoms with Crippen LogP contribution in [0.5, 0.6) is 0 Å². The Balaban J connectivity index is 3.58. The summed E-state index contributed by atoms with van der Waals surface area (Å²) >= 11 is 5.69. The van der Waals surface area contributed by atoms with Crippen LogP contribution in [-0.2, 0) is 0 Å². The normalized spacial score (nSPS) is 18.0. The Hall–Kier alpha value is 0.290. The molecule has 0 heterocycles. The molecule has 0 aliphatic rings. The molecule has 0 rings (SSSR count). The minimum atomic E-state index is 0.659. The Labute approximate surface area is 63.6 Å². The number of halogens is 1. The van der Waals surface area contributed by atoms with Gasteiger partial charge in [0.05, 0.1) is 0 Å². The van der Waals surface area contributed by atoms with Crippen molar-refractivity contribution in [3.8, 4) is 0 Å². The fraction of sp³-hybridized carbons (Fsp3) is 1.00. The summed E-state index contributed by atoms with van der Waals surface area (Å²) in [5.41, 5.74) is 0. The van der Waals surface area contributed by atoms with Gasteiger partial charge < -0.3 is 0 Å². The van der Waals surface area contributed by atoms with Crippen LogP contribution in [0, 0.1) is 17.8 Å². The highest BCUT2D eigenvalue weighted by atomic mass is 35.5. The SMILES string of the molecule is CC(C)C(C)C(C)CCl. The minimum absolute atomic E-state index is 0.659. The van der Waals surface area contributed by atoms with Crippen molar-refractivity contribution >= 4 is 11.6 Å². The minimum Gasteiger partial charge on any atom is -0.126 e. The standard InChI is InChI=1S/C8H17Cl/c1-6(2)8(4)7(3)5-9/h6-8H,5H2,1-4H3. The van der Waals surface area contributed by atoms with E-state index in [1.165, 1.54) is 0 Å². The monoisotopic (exact) mass is 148 g/mol. The molecule has 0 nitrogen and oxygen atoms in total. The molecular formula is C8H17Cl. The molecule has 1 heteroatoms. The van der Waals surface area contributed by atoms with Crippen LogP contribution in [0.25, 0.3) is 0 Å². The van der Waals surface area contributed by atoms with E-state index in [9.17, 15) is 0 Å². The lowest BCUT2D eigenvalue weighted by Gasteiger charge is -2.20. The third-order valence-corrected chi connectivity index (χ3v) is 2.68. The molecule has 2 unspecified atom stereocenters. The van der Waals surface area contributed by atoms with E-state index in [0.29, 0.717) is 5.92 Å². The highest BCUT2D eigenvalue weighted by Gasteiger charge is 2.13. The number of alkyl halides is 1. The fourth-order valence-electron chi connectivity index (χ4n) is 0.798. The zero-order chi connectivity index (χ0) is 7.44. The summed E-state index contributed by atoms with van der Waals surface area (Å²) in [7, 11) is 0. The molecule has 0 aromatic carbocycles. The predicted molar refractivity (Wildman–Crippen MR) is 43.9 cm³/mol. The molecule has 56 valence electrons. The fourth-order valence-corrected chi connectivity index (χ4v) is 1.08. The molecule has 0 N–H and O–H groups in total. The maximum Gasteiger partial charge on any atom is 0.0251 e. The second kappa shape index (κ2) is 4.16. The molecule has 0 radical (unpaired) electrons. The van der Waals surface area contributed by atoms with Crippen LogP contribution in [0.15, 0.2) is 0 Å². The van der Waals surface area contributed by atoms with Crippen LogP contribution < -0.4 is 0 Å². The third-order valence-electron chi connectivity index (χ3n) is 2.19. The highest BCUT2D eigenvalue weighted by Crippen LogP contribution is 2.20. The van der Waals surface area contributed by atoms with Gasteiger partial charge >= 0.3 is 0 Å². The maximum atomic E-state index is 5.69. The summed E-state index contributed by atoms with van der Waals surface area (Å²) < 4.78 is 0. The molecule has 0 bridgehead atoms. The van der Waals surface area contributed by atoms with Gasteiger partial charge in [0.2, 0.25) is 0 Å². The Kier molecular flexibility index (Phi) is 4.29. The van der Waals surface area contributed by atoms with Crippen molar-refractivity contribution in [2.45, 2.75) is 27.7 Å². The first-order valence-corrected chi connectivity index (χ1v) is 4.19. The molecule has 0 fully saturated rings. The van der Waals surface area contributed by atoms with E-state index in [1.807, 2.05) is 0 Å². The lowest BCUT2D eigenvalue weighted by Crippen LogP contribution is -2.15. The van der Waals surface area contributed by atoms with Crippen molar-refractivity contribution in [2.75, 3.05) is 5.88 Å². The van der Waals surface area contributed by atoms with E-state index in [4.69, 9.17) is 11.6 Å². The van der Waals surface area contributed by atoms with E-state index in [-0.39, 0.29) is 0 Å². The first kappa shape index (κ1) is 9.29. The highest BCUT2D eigenvalue weighted by molar-refractivity contribution is 6.18. The zero-order valence-corrected chi connectivity index (χ0v) is 7.57. The second-order valence-corrected chi connectivity index (χ2v) is 3.54. The van der Waals surface area contributed by atoms with Crippen LogP contribution in [0.2, 0.25) is 0 Å². The first-order valence-electron chi connectivity index (χ1n) is 3.65. The molecule has 0 aromatic rings. The molecular weight excluding hydrogens is 132 g/mol. The largest absolute Gasteiger partial charge is 0.126 e. The van der Waals surface area contributed by atoms with E-state index >= 15 is 0 Å². The molecule has 0 aromatic heterocycles. The van der Waals surface area contributed by atoms with Crippen molar-refractivity contribution in [2.24, 2.45) is 17.8 Å². The topological polar surface area (TPSA) is 0 Å². The van der Waals surface area contributed by atoms with Crippen LogP contribution in [-0.4, -0.2) is 5.88 Å². The second-order valence-electron chi connectivity index (χ2n) is 3.23. The molecule has 2 atom stereocenters. The average Bonchev–Trinajstić information content (AvgIpc) is 1.84. The molecule has 9 heavy (non-hydrogen) atoms. The first-order chi connectivity index (χ1) is 4.09. The summed E-state index contributed by atoms with van der Waals surface area (Å²) in [6.45, 7) is 8.96. The zero-order valence-electron chi connectivity index (χ0n) is 6.82. The van der Waals surface area contributed by atoms with Crippen LogP contribution in [0.3, 0.4) is 0 Å². The van der Waals surface area contributed by atoms with E-state index < -0.39 is 0 Å². The van der Waals surface area contributed by atoms with Crippen molar-refractivity contribution in [3.63, 3.8) is 0 Å². The summed E-state index contributed by atoms with van der Waals surface area (Å²) in [6.07, 6.45) is 0. The van der Waals surface area contributed by atoms with Crippen molar-refractivity contribution in [3.05, 3.63) is 0 Å². The van der Waals surface area contributed by atoms with Gasteiger partial charge in [-0.15, -0.1) is 11.6 Å². The summed E-state index contributed by atoms with van der Waals surface area (Å²) in [5.74, 6) is 2.97. The van der Waals surface area contributed by atoms with Crippen molar-refractivity contribution in [1.82, 2.24) is 0 Å². The van der Waals surface area contributed by atoms with Gasteiger partial charge in [-0.3, -0.25) is 0 Å². The quantitative estimate of drug-likeness (QED) is 0.540. The third kappa shape index (κ3) is 3.10. The number of hydrogen-bond donors (Lipinski definition) is 0. The van der Waals surface area contributed by atoms with E-state index in [0.717, 1.165) is 17.7 Å². The van der Waals surface area contributed by atoms with Crippen molar-refractivity contribution in [1.29, 1.82) is 0 Å². The number of hydrogen-bond acceptors (Lipinski definition) is 0. The molecule has 0 amide bonds. The Morgan fingerprint density at radius 2 is 1.56 bits per heavy atom. The van der Waals surface area contributed by atoms with Crippen LogP contribution in [0.4, 0.5) is 0 Å². The number of rotatable bonds is 3. The maximum absolute atomic E-state index is 5.69. The summed E-state index contributed by atoms with van der Waals surface area (Å²) in [5, 5.41) is 0. The lowest BCUT2D eigenvalue weighted by molar-refractivity contribution is 0.319. The summed E-state index contributed by atoms with van der Waals surface area (Å²) in [6, 6.07) is 0. The van der Waals surface area contributed by atoms with Gasteiger partial charge in [0, 0.05) is 5.88 Å². The predicted octanol–water partition coefficient (Wildman–Crippen LogP) is 3.15. The van der Waals surface area contributed by atoms with Gasteiger partial charge in [0.15, 0.2) is 0 Å². The smallest absolute Gasteiger partial charge is 0.0251 e. The van der Waals surface area contributed by atoms with Gasteiger partial charge in [-0.1, -0.05) is 27.7 Å². The van der Waals surface area contributed by atoms with Gasteiger partial charge in [0.1, 0.15) is 0 Å². The molecule has 0 spiro atoms. The summed E-state index contributed by atoms with van der Waals surface area (Å²) in [4.78, 5) is 0. The van der Waals surface area contributed by atoms with Gasteiger partial charge in [0.25, 0.3) is 0 Å². The van der Waals surface area contributed by atoms with Gasteiger partial charge in [-0.05, 0) is 17.8 Å². The lowest BCUT2D eigenvalue weighted by atomic mass is 9.87. The van der Waals surface area contributed by atoms with E-state index in [2.05, 4.69) is 27.7 Å². The van der Waals surface area contributed by atoms with Crippen LogP contribution >= 0.6 is 11.6 Å².